The second kappa shape index (κ2) is 7.50. The molecule has 1 atom stereocenters. The third-order valence-corrected chi connectivity index (χ3v) is 4.74. The van der Waals surface area contributed by atoms with E-state index >= 15 is 0 Å². The summed E-state index contributed by atoms with van der Waals surface area (Å²) in [5.74, 6) is -0.0996. The van der Waals surface area contributed by atoms with Gasteiger partial charge in [-0.05, 0) is 30.0 Å². The number of carbonyl (C=O) groups excluding carboxylic acids is 1. The molecule has 0 fully saturated rings. The largest absolute Gasteiger partial charge is 0.493 e. The molecule has 0 spiro atoms. The second-order valence-corrected chi connectivity index (χ2v) is 6.38. The van der Waals surface area contributed by atoms with E-state index < -0.39 is 17.6 Å². The number of para-hydroxylation sites is 1. The molecular weight excluding hydrogens is 342 g/mol. The number of hydrogen-bond acceptors (Lipinski definition) is 6. The van der Waals surface area contributed by atoms with Gasteiger partial charge in [-0.2, -0.15) is 0 Å². The van der Waals surface area contributed by atoms with E-state index in [2.05, 4.69) is 5.32 Å². The first-order valence-corrected chi connectivity index (χ1v) is 8.58. The summed E-state index contributed by atoms with van der Waals surface area (Å²) in [5.41, 5.74) is -0.501. The van der Waals surface area contributed by atoms with Gasteiger partial charge in [-0.25, -0.2) is 4.79 Å². The highest BCUT2D eigenvalue weighted by atomic mass is 32.1. The standard InChI is InChI=1S/C18H17NO5S/c1-23-14-5-2-4-11-10-12(18(22)24-16(11)14)17(21)19-8-7-13(20)15-6-3-9-25-15/h2-6,9-10,13,20H,7-8H2,1H3,(H,19,21). The van der Waals surface area contributed by atoms with Gasteiger partial charge in [0.2, 0.25) is 0 Å². The fourth-order valence-corrected chi connectivity index (χ4v) is 3.22. The molecule has 130 valence electrons. The number of thiophene rings is 1. The maximum Gasteiger partial charge on any atom is 0.349 e. The maximum absolute atomic E-state index is 12.3. The lowest BCUT2D eigenvalue weighted by atomic mass is 10.1. The average molecular weight is 359 g/mol. The number of rotatable bonds is 6. The highest BCUT2D eigenvalue weighted by Gasteiger charge is 2.16. The van der Waals surface area contributed by atoms with Crippen LogP contribution >= 0.6 is 11.3 Å². The summed E-state index contributed by atoms with van der Waals surface area (Å²) in [5, 5.41) is 15.1. The lowest BCUT2D eigenvalue weighted by Gasteiger charge is -2.10. The van der Waals surface area contributed by atoms with Crippen molar-refractivity contribution in [1.29, 1.82) is 0 Å². The number of carbonyl (C=O) groups is 1. The average Bonchev–Trinajstić information content (AvgIpc) is 3.15. The Morgan fingerprint density at radius 3 is 2.92 bits per heavy atom. The SMILES string of the molecule is COc1cccc2cc(C(=O)NCCC(O)c3cccs3)c(=O)oc12. The van der Waals surface area contributed by atoms with E-state index in [1.54, 1.807) is 18.2 Å². The summed E-state index contributed by atoms with van der Waals surface area (Å²) in [4.78, 5) is 25.2. The lowest BCUT2D eigenvalue weighted by Crippen LogP contribution is -2.29. The monoisotopic (exact) mass is 359 g/mol. The number of amides is 1. The number of aliphatic hydroxyl groups is 1. The number of hydrogen-bond donors (Lipinski definition) is 2. The summed E-state index contributed by atoms with van der Waals surface area (Å²) < 4.78 is 10.4. The smallest absolute Gasteiger partial charge is 0.349 e. The first kappa shape index (κ1) is 17.2. The van der Waals surface area contributed by atoms with Crippen LogP contribution in [-0.2, 0) is 0 Å². The summed E-state index contributed by atoms with van der Waals surface area (Å²) in [6, 6.07) is 10.3. The highest BCUT2D eigenvalue weighted by molar-refractivity contribution is 7.10. The maximum atomic E-state index is 12.3. The molecule has 0 bridgehead atoms. The number of benzene rings is 1. The summed E-state index contributed by atoms with van der Waals surface area (Å²) in [7, 11) is 1.48. The number of aliphatic hydroxyl groups excluding tert-OH is 1. The molecule has 0 saturated carbocycles. The fourth-order valence-electron chi connectivity index (χ4n) is 2.48. The molecule has 3 aromatic rings. The van der Waals surface area contributed by atoms with Crippen LogP contribution in [0.4, 0.5) is 0 Å². The summed E-state index contributed by atoms with van der Waals surface area (Å²) in [6.07, 6.45) is -0.281. The van der Waals surface area contributed by atoms with Crippen molar-refractivity contribution in [3.63, 3.8) is 0 Å². The van der Waals surface area contributed by atoms with Crippen LogP contribution in [0.1, 0.15) is 27.8 Å². The van der Waals surface area contributed by atoms with Crippen molar-refractivity contribution in [1.82, 2.24) is 5.32 Å². The molecule has 6 nitrogen and oxygen atoms in total. The fraction of sp³-hybridized carbons (Fsp3) is 0.222. The molecular formula is C18H17NO5S. The van der Waals surface area contributed by atoms with Crippen LogP contribution < -0.4 is 15.7 Å². The molecule has 1 amide bonds. The summed E-state index contributed by atoms with van der Waals surface area (Å²) in [6.45, 7) is 0.244. The Morgan fingerprint density at radius 2 is 2.20 bits per heavy atom. The minimum Gasteiger partial charge on any atom is -0.493 e. The number of methoxy groups -OCH3 is 1. The Bertz CT molecular complexity index is 932. The van der Waals surface area contributed by atoms with Crippen molar-refractivity contribution in [2.45, 2.75) is 12.5 Å². The minimum absolute atomic E-state index is 0.0774. The van der Waals surface area contributed by atoms with Gasteiger partial charge in [0.05, 0.1) is 13.2 Å². The third kappa shape index (κ3) is 3.72. The van der Waals surface area contributed by atoms with E-state index in [4.69, 9.17) is 9.15 Å². The Labute approximate surface area is 147 Å². The van der Waals surface area contributed by atoms with Gasteiger partial charge in [-0.3, -0.25) is 4.79 Å². The van der Waals surface area contributed by atoms with Gasteiger partial charge < -0.3 is 19.6 Å². The first-order valence-electron chi connectivity index (χ1n) is 7.70. The zero-order valence-corrected chi connectivity index (χ0v) is 14.3. The van der Waals surface area contributed by atoms with E-state index in [0.717, 1.165) is 4.88 Å². The minimum atomic E-state index is -0.728. The first-order chi connectivity index (χ1) is 12.1. The zero-order chi connectivity index (χ0) is 17.8. The van der Waals surface area contributed by atoms with E-state index in [9.17, 15) is 14.7 Å². The van der Waals surface area contributed by atoms with Crippen LogP contribution in [0, 0.1) is 0 Å². The van der Waals surface area contributed by atoms with Crippen LogP contribution in [0.2, 0.25) is 0 Å². The zero-order valence-electron chi connectivity index (χ0n) is 13.5. The molecule has 0 saturated heterocycles. The van der Waals surface area contributed by atoms with Crippen LogP contribution in [-0.4, -0.2) is 24.7 Å². The normalized spacial score (nSPS) is 12.1. The topological polar surface area (TPSA) is 88.8 Å². The third-order valence-electron chi connectivity index (χ3n) is 3.76. The van der Waals surface area contributed by atoms with Gasteiger partial charge in [0.25, 0.3) is 5.91 Å². The van der Waals surface area contributed by atoms with Crippen molar-refractivity contribution < 1.29 is 19.1 Å². The van der Waals surface area contributed by atoms with Crippen molar-refractivity contribution in [2.24, 2.45) is 0 Å². The molecule has 2 aromatic heterocycles. The molecule has 2 N–H and O–H groups in total. The lowest BCUT2D eigenvalue weighted by molar-refractivity contribution is 0.0939. The van der Waals surface area contributed by atoms with Crippen LogP contribution in [0.15, 0.2) is 51.0 Å². The highest BCUT2D eigenvalue weighted by Crippen LogP contribution is 2.24. The van der Waals surface area contributed by atoms with Crippen LogP contribution in [0.25, 0.3) is 11.0 Å². The molecule has 0 radical (unpaired) electrons. The van der Waals surface area contributed by atoms with Gasteiger partial charge in [0, 0.05) is 16.8 Å². The molecule has 25 heavy (non-hydrogen) atoms. The van der Waals surface area contributed by atoms with Crippen molar-refractivity contribution >= 4 is 28.2 Å². The van der Waals surface area contributed by atoms with E-state index in [-0.39, 0.29) is 12.1 Å². The molecule has 3 rings (SSSR count). The Kier molecular flexibility index (Phi) is 5.16. The number of fused-ring (bicyclic) bond motifs is 1. The van der Waals surface area contributed by atoms with Gasteiger partial charge in [-0.1, -0.05) is 18.2 Å². The second-order valence-electron chi connectivity index (χ2n) is 5.40. The Morgan fingerprint density at radius 1 is 1.36 bits per heavy atom. The molecule has 1 aromatic carbocycles. The van der Waals surface area contributed by atoms with E-state index in [1.165, 1.54) is 24.5 Å². The molecule has 0 aliphatic rings. The molecule has 0 aliphatic carbocycles. The van der Waals surface area contributed by atoms with Gasteiger partial charge in [-0.15, -0.1) is 11.3 Å². The van der Waals surface area contributed by atoms with E-state index in [1.807, 2.05) is 17.5 Å². The molecule has 2 heterocycles. The Hall–Kier alpha value is -2.64. The van der Waals surface area contributed by atoms with Gasteiger partial charge in [0.15, 0.2) is 11.3 Å². The van der Waals surface area contributed by atoms with Crippen molar-refractivity contribution in [3.8, 4) is 5.75 Å². The van der Waals surface area contributed by atoms with E-state index in [0.29, 0.717) is 23.1 Å². The van der Waals surface area contributed by atoms with Gasteiger partial charge in [0.1, 0.15) is 5.56 Å². The molecule has 1 unspecified atom stereocenters. The summed E-state index contributed by atoms with van der Waals surface area (Å²) >= 11 is 1.45. The molecule has 0 aliphatic heterocycles. The predicted octanol–water partition coefficient (Wildman–Crippen LogP) is 2.72. The van der Waals surface area contributed by atoms with Crippen molar-refractivity contribution in [3.05, 3.63) is 62.6 Å². The predicted molar refractivity (Wildman–Crippen MR) is 95.3 cm³/mol. The van der Waals surface area contributed by atoms with Crippen LogP contribution in [0.3, 0.4) is 0 Å². The van der Waals surface area contributed by atoms with Gasteiger partial charge >= 0.3 is 5.63 Å². The number of ether oxygens (including phenoxy) is 1. The quantitative estimate of drug-likeness (QED) is 0.661. The number of nitrogens with one attached hydrogen (secondary N) is 1. The molecule has 7 heteroatoms. The van der Waals surface area contributed by atoms with Crippen LogP contribution in [0.5, 0.6) is 5.75 Å². The Balaban J connectivity index is 1.72. The van der Waals surface area contributed by atoms with Crippen molar-refractivity contribution in [2.75, 3.05) is 13.7 Å².